The number of aromatic nitrogens is 2. The normalized spacial score (nSPS) is 14.5. The van der Waals surface area contributed by atoms with Gasteiger partial charge in [0.15, 0.2) is 0 Å². The van der Waals surface area contributed by atoms with Crippen LogP contribution in [-0.4, -0.2) is 53.0 Å². The van der Waals surface area contributed by atoms with E-state index in [9.17, 15) is 4.79 Å². The van der Waals surface area contributed by atoms with Crippen molar-refractivity contribution >= 4 is 34.2 Å². The summed E-state index contributed by atoms with van der Waals surface area (Å²) < 4.78 is 10.1. The van der Waals surface area contributed by atoms with Gasteiger partial charge < -0.3 is 14.5 Å². The van der Waals surface area contributed by atoms with Crippen molar-refractivity contribution in [2.24, 2.45) is 0 Å². The molecule has 0 radical (unpaired) electrons. The van der Waals surface area contributed by atoms with Crippen molar-refractivity contribution in [1.82, 2.24) is 14.3 Å². The second-order valence-electron chi connectivity index (χ2n) is 7.50. The highest BCUT2D eigenvalue weighted by Gasteiger charge is 2.21. The molecule has 2 heterocycles. The van der Waals surface area contributed by atoms with Gasteiger partial charge in [-0.05, 0) is 29.7 Å². The summed E-state index contributed by atoms with van der Waals surface area (Å²) >= 11 is 7.37. The van der Waals surface area contributed by atoms with Gasteiger partial charge in [0.1, 0.15) is 12.4 Å². The number of hydrogen-bond donors (Lipinski definition) is 0. The van der Waals surface area contributed by atoms with Crippen LogP contribution in [0.15, 0.2) is 54.6 Å². The van der Waals surface area contributed by atoms with E-state index >= 15 is 0 Å². The first-order valence-corrected chi connectivity index (χ1v) is 11.5. The van der Waals surface area contributed by atoms with E-state index in [0.29, 0.717) is 19.6 Å². The predicted octanol–water partition coefficient (Wildman–Crippen LogP) is 4.04. The van der Waals surface area contributed by atoms with E-state index in [4.69, 9.17) is 21.3 Å². The maximum Gasteiger partial charge on any atom is 0.248 e. The Morgan fingerprint density at radius 2 is 1.81 bits per heavy atom. The highest BCUT2D eigenvalue weighted by Crippen LogP contribution is 2.21. The Balaban J connectivity index is 1.26. The van der Waals surface area contributed by atoms with Gasteiger partial charge in [-0.1, -0.05) is 54.1 Å². The number of amides is 1. The van der Waals surface area contributed by atoms with Crippen LogP contribution in [0.3, 0.4) is 0 Å². The summed E-state index contributed by atoms with van der Waals surface area (Å²) in [5.74, 6) is 0.854. The number of nitrogens with zero attached hydrogens (tertiary/aromatic N) is 4. The Kier molecular flexibility index (Phi) is 7.51. The zero-order chi connectivity index (χ0) is 21.5. The van der Waals surface area contributed by atoms with Crippen LogP contribution in [0.5, 0.6) is 0 Å². The summed E-state index contributed by atoms with van der Waals surface area (Å²) in [4.78, 5) is 21.4. The Morgan fingerprint density at radius 3 is 2.61 bits per heavy atom. The molecular formula is C23H25ClN4O2S. The molecule has 1 fully saturated rings. The highest BCUT2D eigenvalue weighted by molar-refractivity contribution is 7.09. The van der Waals surface area contributed by atoms with Crippen molar-refractivity contribution in [1.29, 1.82) is 0 Å². The monoisotopic (exact) mass is 456 g/mol. The average Bonchev–Trinajstić information content (AvgIpc) is 3.10. The summed E-state index contributed by atoms with van der Waals surface area (Å²) in [5, 5.41) is 1.64. The summed E-state index contributed by atoms with van der Waals surface area (Å²) in [6.45, 7) is 3.58. The quantitative estimate of drug-likeness (QED) is 0.537. The van der Waals surface area contributed by atoms with Gasteiger partial charge in [-0.3, -0.25) is 4.79 Å². The number of ether oxygens (including phenoxy) is 1. The van der Waals surface area contributed by atoms with Crippen LogP contribution >= 0.6 is 23.1 Å². The number of hydrogen-bond acceptors (Lipinski definition) is 6. The molecule has 6 nitrogen and oxygen atoms in total. The number of carbonyl (C=O) groups excluding carboxylic acids is 1. The molecule has 0 aliphatic carbocycles. The number of benzene rings is 2. The fraction of sp³-hybridized carbons (Fsp3) is 0.348. The molecule has 8 heteroatoms. The Morgan fingerprint density at radius 1 is 1.00 bits per heavy atom. The minimum atomic E-state index is 0.0403. The smallest absolute Gasteiger partial charge is 0.248 e. The molecule has 1 aromatic heterocycles. The lowest BCUT2D eigenvalue weighted by atomic mass is 10.1. The van der Waals surface area contributed by atoms with Crippen LogP contribution in [-0.2, 0) is 22.6 Å². The molecule has 31 heavy (non-hydrogen) atoms. The molecule has 3 aromatic rings. The lowest BCUT2D eigenvalue weighted by Gasteiger charge is -2.21. The summed E-state index contributed by atoms with van der Waals surface area (Å²) in [5.41, 5.74) is 2.21. The Hall–Kier alpha value is -2.48. The second-order valence-corrected chi connectivity index (χ2v) is 8.66. The fourth-order valence-corrected chi connectivity index (χ4v) is 4.37. The fourth-order valence-electron chi connectivity index (χ4n) is 3.51. The van der Waals surface area contributed by atoms with Gasteiger partial charge in [0.05, 0.1) is 6.61 Å². The Bertz CT molecular complexity index is 981. The van der Waals surface area contributed by atoms with Crippen molar-refractivity contribution in [2.75, 3.05) is 37.7 Å². The van der Waals surface area contributed by atoms with E-state index in [1.54, 1.807) is 0 Å². The molecule has 0 bridgehead atoms. The highest BCUT2D eigenvalue weighted by atomic mass is 35.5. The molecule has 1 amide bonds. The van der Waals surface area contributed by atoms with Crippen LogP contribution in [0.25, 0.3) is 0 Å². The van der Waals surface area contributed by atoms with Gasteiger partial charge in [0.25, 0.3) is 0 Å². The van der Waals surface area contributed by atoms with Crippen LogP contribution in [0.2, 0.25) is 5.02 Å². The van der Waals surface area contributed by atoms with Crippen molar-refractivity contribution in [3.63, 3.8) is 0 Å². The number of carbonyl (C=O) groups is 1. The van der Waals surface area contributed by atoms with Crippen LogP contribution in [0, 0.1) is 0 Å². The third kappa shape index (κ3) is 6.26. The molecule has 0 atom stereocenters. The van der Waals surface area contributed by atoms with Crippen molar-refractivity contribution in [2.45, 2.75) is 19.4 Å². The van der Waals surface area contributed by atoms with E-state index in [-0.39, 0.29) is 12.5 Å². The number of rotatable bonds is 7. The lowest BCUT2D eigenvalue weighted by Crippen LogP contribution is -2.37. The van der Waals surface area contributed by atoms with Crippen LogP contribution < -0.4 is 4.90 Å². The van der Waals surface area contributed by atoms with Crippen LogP contribution in [0.1, 0.15) is 23.4 Å². The van der Waals surface area contributed by atoms with Gasteiger partial charge in [-0.15, -0.1) is 0 Å². The van der Waals surface area contributed by atoms with Crippen molar-refractivity contribution < 1.29 is 9.53 Å². The molecule has 0 N–H and O–H groups in total. The lowest BCUT2D eigenvalue weighted by molar-refractivity contribution is -0.136. The van der Waals surface area contributed by atoms with Crippen molar-refractivity contribution in [3.05, 3.63) is 76.6 Å². The van der Waals surface area contributed by atoms with Gasteiger partial charge >= 0.3 is 0 Å². The summed E-state index contributed by atoms with van der Waals surface area (Å²) in [6.07, 6.45) is 1.58. The first kappa shape index (κ1) is 21.7. The van der Waals surface area contributed by atoms with Gasteiger partial charge in [0.2, 0.25) is 11.0 Å². The molecule has 0 saturated carbocycles. The predicted molar refractivity (Wildman–Crippen MR) is 124 cm³/mol. The van der Waals surface area contributed by atoms with E-state index in [1.807, 2.05) is 59.5 Å². The molecule has 1 saturated heterocycles. The first-order valence-electron chi connectivity index (χ1n) is 10.4. The van der Waals surface area contributed by atoms with E-state index in [0.717, 1.165) is 53.2 Å². The zero-order valence-electron chi connectivity index (χ0n) is 17.2. The maximum absolute atomic E-state index is 12.6. The van der Waals surface area contributed by atoms with Gasteiger partial charge in [-0.25, -0.2) is 4.98 Å². The topological polar surface area (TPSA) is 58.6 Å². The minimum Gasteiger partial charge on any atom is -0.367 e. The van der Waals surface area contributed by atoms with E-state index in [2.05, 4.69) is 9.27 Å². The average molecular weight is 457 g/mol. The molecule has 0 unspecified atom stereocenters. The third-order valence-corrected chi connectivity index (χ3v) is 6.26. The molecular weight excluding hydrogens is 432 g/mol. The maximum atomic E-state index is 12.6. The molecule has 1 aliphatic rings. The standard InChI is InChI=1S/C23H25ClN4O2S/c24-20-9-7-18(8-10-20)15-21-25-23(31-26-21)28-12-4-11-27(13-14-28)22(29)17-30-16-19-5-2-1-3-6-19/h1-3,5-10H,4,11-17H2. The summed E-state index contributed by atoms with van der Waals surface area (Å²) in [6, 6.07) is 17.7. The van der Waals surface area contributed by atoms with Crippen LogP contribution in [0.4, 0.5) is 5.13 Å². The largest absolute Gasteiger partial charge is 0.367 e. The van der Waals surface area contributed by atoms with E-state index < -0.39 is 0 Å². The minimum absolute atomic E-state index is 0.0403. The molecule has 4 rings (SSSR count). The first-order chi connectivity index (χ1) is 15.2. The molecule has 0 spiro atoms. The second kappa shape index (κ2) is 10.7. The number of halogens is 1. The summed E-state index contributed by atoms with van der Waals surface area (Å²) in [7, 11) is 0. The van der Waals surface area contributed by atoms with Gasteiger partial charge in [0, 0.05) is 49.2 Å². The van der Waals surface area contributed by atoms with Crippen molar-refractivity contribution in [3.8, 4) is 0 Å². The van der Waals surface area contributed by atoms with Gasteiger partial charge in [-0.2, -0.15) is 4.37 Å². The molecule has 2 aromatic carbocycles. The molecule has 162 valence electrons. The zero-order valence-corrected chi connectivity index (χ0v) is 18.8. The Labute approximate surface area is 191 Å². The van der Waals surface area contributed by atoms with E-state index in [1.165, 1.54) is 11.5 Å². The SMILES string of the molecule is O=C(COCc1ccccc1)N1CCCN(c2nc(Cc3ccc(Cl)cc3)ns2)CC1. The molecule has 1 aliphatic heterocycles. The third-order valence-electron chi connectivity index (χ3n) is 5.19. The number of anilines is 1.